The number of benzene rings is 2. The number of anilines is 1. The van der Waals surface area contributed by atoms with Crippen LogP contribution in [0.4, 0.5) is 5.69 Å². The van der Waals surface area contributed by atoms with Gasteiger partial charge in [0.05, 0.1) is 16.1 Å². The average Bonchev–Trinajstić information content (AvgIpc) is 2.67. The van der Waals surface area contributed by atoms with Crippen LogP contribution in [-0.4, -0.2) is 19.1 Å². The van der Waals surface area contributed by atoms with E-state index in [9.17, 15) is 10.1 Å². The normalized spacial score (nSPS) is 10.5. The fourth-order valence-electron chi connectivity index (χ4n) is 2.23. The van der Waals surface area contributed by atoms with E-state index in [1.807, 2.05) is 13.0 Å². The number of carbonyl (C=O) groups is 1. The number of ether oxygens (including phenoxy) is 2. The van der Waals surface area contributed by atoms with Crippen LogP contribution in [-0.2, 0) is 4.79 Å². The third-order valence-electron chi connectivity index (χ3n) is 3.42. The third kappa shape index (κ3) is 5.79. The highest BCUT2D eigenvalue weighted by Gasteiger charge is 2.13. The van der Waals surface area contributed by atoms with E-state index in [0.29, 0.717) is 38.9 Å². The van der Waals surface area contributed by atoms with Crippen molar-refractivity contribution in [2.75, 3.05) is 18.5 Å². The molecule has 0 atom stereocenters. The van der Waals surface area contributed by atoms with E-state index in [1.54, 1.807) is 36.4 Å². The zero-order valence-electron chi connectivity index (χ0n) is 15.0. The molecule has 7 heteroatoms. The lowest BCUT2D eigenvalue weighted by molar-refractivity contribution is -0.112. The molecule has 0 spiro atoms. The van der Waals surface area contributed by atoms with Gasteiger partial charge in [0, 0.05) is 5.69 Å². The van der Waals surface area contributed by atoms with Crippen LogP contribution < -0.4 is 14.8 Å². The quantitative estimate of drug-likeness (QED) is 0.357. The number of terminal acetylenes is 1. The van der Waals surface area contributed by atoms with Crippen molar-refractivity contribution in [3.63, 3.8) is 0 Å². The first-order valence-corrected chi connectivity index (χ1v) is 9.37. The molecule has 1 amide bonds. The van der Waals surface area contributed by atoms with Gasteiger partial charge in [0.25, 0.3) is 5.91 Å². The maximum absolute atomic E-state index is 12.4. The molecule has 28 heavy (non-hydrogen) atoms. The molecule has 0 aliphatic carbocycles. The smallest absolute Gasteiger partial charge is 0.266 e. The zero-order chi connectivity index (χ0) is 20.5. The summed E-state index contributed by atoms with van der Waals surface area (Å²) in [6.07, 6.45) is 6.62. The van der Waals surface area contributed by atoms with E-state index in [4.69, 9.17) is 27.5 Å². The predicted molar refractivity (Wildman–Crippen MR) is 113 cm³/mol. The summed E-state index contributed by atoms with van der Waals surface area (Å²) >= 11 is 9.55. The summed E-state index contributed by atoms with van der Waals surface area (Å²) in [5, 5.41) is 12.3. The summed E-state index contributed by atoms with van der Waals surface area (Å²) in [5.74, 6) is 2.92. The molecule has 142 valence electrons. The van der Waals surface area contributed by atoms with Gasteiger partial charge in [-0.3, -0.25) is 4.79 Å². The highest BCUT2D eigenvalue weighted by Crippen LogP contribution is 2.35. The zero-order valence-corrected chi connectivity index (χ0v) is 17.3. The van der Waals surface area contributed by atoms with E-state index in [0.717, 1.165) is 0 Å². The van der Waals surface area contributed by atoms with Gasteiger partial charge < -0.3 is 14.8 Å². The fourth-order valence-corrected chi connectivity index (χ4v) is 3.22. The maximum Gasteiger partial charge on any atom is 0.266 e. The second kappa shape index (κ2) is 10.4. The molecule has 0 heterocycles. The number of nitrogens with zero attached hydrogens (tertiary/aromatic N) is 1. The Labute approximate surface area is 177 Å². The van der Waals surface area contributed by atoms with E-state index in [2.05, 4.69) is 27.2 Å². The number of hydrogen-bond donors (Lipinski definition) is 1. The molecule has 0 bridgehead atoms. The summed E-state index contributed by atoms with van der Waals surface area (Å²) < 4.78 is 11.3. The minimum absolute atomic E-state index is 0.0709. The number of nitrogens with one attached hydrogen (secondary N) is 1. The van der Waals surface area contributed by atoms with Crippen LogP contribution in [0.25, 0.3) is 6.08 Å². The molecular weight excluding hydrogens is 444 g/mol. The van der Waals surface area contributed by atoms with Crippen LogP contribution in [0, 0.1) is 23.7 Å². The number of rotatable bonds is 7. The van der Waals surface area contributed by atoms with Gasteiger partial charge in [0.15, 0.2) is 5.75 Å². The molecule has 5 nitrogen and oxygen atoms in total. The Hall–Kier alpha value is -2.93. The predicted octanol–water partition coefficient (Wildman–Crippen LogP) is 5.06. The number of halogens is 2. The third-order valence-corrected chi connectivity index (χ3v) is 4.29. The van der Waals surface area contributed by atoms with Crippen LogP contribution in [0.5, 0.6) is 11.5 Å². The van der Waals surface area contributed by atoms with Crippen molar-refractivity contribution in [2.45, 2.75) is 6.92 Å². The first-order valence-electron chi connectivity index (χ1n) is 8.19. The van der Waals surface area contributed by atoms with Crippen molar-refractivity contribution in [2.24, 2.45) is 0 Å². The Morgan fingerprint density at radius 1 is 1.32 bits per heavy atom. The van der Waals surface area contributed by atoms with Gasteiger partial charge >= 0.3 is 0 Å². The molecule has 0 aliphatic heterocycles. The van der Waals surface area contributed by atoms with Gasteiger partial charge in [0.2, 0.25) is 0 Å². The SMILES string of the molecule is C#CCOc1c(Cl)cc(/C=C(/C#N)C(=O)Nc2ccc(OCC)cc2)cc1Br. The molecule has 0 saturated heterocycles. The molecule has 0 saturated carbocycles. The van der Waals surface area contributed by atoms with Crippen molar-refractivity contribution < 1.29 is 14.3 Å². The molecule has 2 aromatic carbocycles. The molecule has 0 aliphatic rings. The molecule has 2 aromatic rings. The first kappa shape index (κ1) is 21.4. The number of carbonyl (C=O) groups excluding carboxylic acids is 1. The van der Waals surface area contributed by atoms with Crippen LogP contribution in [0.1, 0.15) is 12.5 Å². The molecule has 0 aromatic heterocycles. The lowest BCUT2D eigenvalue weighted by Gasteiger charge is -2.09. The molecule has 1 N–H and O–H groups in total. The summed E-state index contributed by atoms with van der Waals surface area (Å²) in [6.45, 7) is 2.51. The fraction of sp³-hybridized carbons (Fsp3) is 0.143. The molecule has 0 fully saturated rings. The van der Waals surface area contributed by atoms with Crippen LogP contribution in [0.15, 0.2) is 46.4 Å². The van der Waals surface area contributed by atoms with Crippen LogP contribution >= 0.6 is 27.5 Å². The van der Waals surface area contributed by atoms with Crippen molar-refractivity contribution >= 4 is 45.2 Å². The van der Waals surface area contributed by atoms with Gasteiger partial charge in [-0.15, -0.1) is 6.42 Å². The maximum atomic E-state index is 12.4. The highest BCUT2D eigenvalue weighted by molar-refractivity contribution is 9.10. The van der Waals surface area contributed by atoms with Crippen LogP contribution in [0.2, 0.25) is 5.02 Å². The van der Waals surface area contributed by atoms with Crippen molar-refractivity contribution in [1.29, 1.82) is 5.26 Å². The minimum atomic E-state index is -0.536. The van der Waals surface area contributed by atoms with Gasteiger partial charge in [-0.25, -0.2) is 0 Å². The van der Waals surface area contributed by atoms with Gasteiger partial charge in [0.1, 0.15) is 24.0 Å². The van der Waals surface area contributed by atoms with Gasteiger partial charge in [-0.05, 0) is 70.9 Å². The topological polar surface area (TPSA) is 71.3 Å². The summed E-state index contributed by atoms with van der Waals surface area (Å²) in [4.78, 5) is 12.4. The van der Waals surface area contributed by atoms with E-state index in [-0.39, 0.29) is 12.2 Å². The number of amides is 1. The Balaban J connectivity index is 2.19. The second-order valence-electron chi connectivity index (χ2n) is 5.39. The standard InChI is InChI=1S/C21H16BrClN2O3/c1-3-9-28-20-18(22)11-14(12-19(20)23)10-15(13-24)21(26)25-16-5-7-17(8-6-16)27-4-2/h1,5-8,10-12H,4,9H2,2H3,(H,25,26)/b15-10-. The minimum Gasteiger partial charge on any atom is -0.494 e. The summed E-state index contributed by atoms with van der Waals surface area (Å²) in [5.41, 5.74) is 1.03. The van der Waals surface area contributed by atoms with E-state index < -0.39 is 5.91 Å². The Morgan fingerprint density at radius 2 is 2.04 bits per heavy atom. The largest absolute Gasteiger partial charge is 0.494 e. The Bertz CT molecular complexity index is 950. The highest BCUT2D eigenvalue weighted by atomic mass is 79.9. The summed E-state index contributed by atoms with van der Waals surface area (Å²) in [7, 11) is 0. The lowest BCUT2D eigenvalue weighted by Crippen LogP contribution is -2.13. The lowest BCUT2D eigenvalue weighted by atomic mass is 10.1. The van der Waals surface area contributed by atoms with Gasteiger partial charge in [-0.1, -0.05) is 17.5 Å². The molecular formula is C21H16BrClN2O3. The average molecular weight is 460 g/mol. The second-order valence-corrected chi connectivity index (χ2v) is 6.65. The molecule has 0 unspecified atom stereocenters. The first-order chi connectivity index (χ1) is 13.5. The number of nitriles is 1. The number of hydrogen-bond acceptors (Lipinski definition) is 4. The van der Waals surface area contributed by atoms with E-state index in [1.165, 1.54) is 6.08 Å². The Morgan fingerprint density at radius 3 is 2.61 bits per heavy atom. The van der Waals surface area contributed by atoms with Crippen LogP contribution in [0.3, 0.4) is 0 Å². The summed E-state index contributed by atoms with van der Waals surface area (Å²) in [6, 6.07) is 12.0. The van der Waals surface area contributed by atoms with Crippen molar-refractivity contribution in [3.8, 4) is 29.9 Å². The van der Waals surface area contributed by atoms with Crippen molar-refractivity contribution in [1.82, 2.24) is 0 Å². The Kier molecular flexibility index (Phi) is 7.95. The van der Waals surface area contributed by atoms with E-state index >= 15 is 0 Å². The molecule has 0 radical (unpaired) electrons. The van der Waals surface area contributed by atoms with Crippen molar-refractivity contribution in [3.05, 3.63) is 57.0 Å². The molecule has 2 rings (SSSR count). The monoisotopic (exact) mass is 458 g/mol. The van der Waals surface area contributed by atoms with Gasteiger partial charge in [-0.2, -0.15) is 5.26 Å².